The number of carbonyl (C=O) groups is 1. The maximum absolute atomic E-state index is 12.0. The van der Waals surface area contributed by atoms with Gasteiger partial charge >= 0.3 is 0 Å². The molecule has 0 spiro atoms. The molecule has 3 nitrogen and oxygen atoms in total. The monoisotopic (exact) mass is 256 g/mol. The van der Waals surface area contributed by atoms with Crippen molar-refractivity contribution in [3.05, 3.63) is 0 Å². The predicted octanol–water partition coefficient (Wildman–Crippen LogP) is 1.73. The molecule has 17 heavy (non-hydrogen) atoms. The van der Waals surface area contributed by atoms with Gasteiger partial charge in [0, 0.05) is 23.6 Å². The summed E-state index contributed by atoms with van der Waals surface area (Å²) in [6.07, 6.45) is 3.79. The summed E-state index contributed by atoms with van der Waals surface area (Å²) < 4.78 is 0.330. The van der Waals surface area contributed by atoms with Crippen molar-refractivity contribution in [1.82, 2.24) is 10.2 Å². The summed E-state index contributed by atoms with van der Waals surface area (Å²) in [6, 6.07) is 0. The standard InChI is InChI=1S/C13H24N2OS/c1-13(2)5-6-15(7-8-17-13)12(16)10-14-9-11-3-4-11/h11,14H,3-10H2,1-2H3. The first kappa shape index (κ1) is 13.2. The summed E-state index contributed by atoms with van der Waals surface area (Å²) in [5.74, 6) is 2.20. The first-order chi connectivity index (χ1) is 8.07. The molecule has 98 valence electrons. The van der Waals surface area contributed by atoms with Crippen LogP contribution in [-0.4, -0.2) is 47.5 Å². The molecule has 1 heterocycles. The molecule has 1 aliphatic carbocycles. The molecule has 0 atom stereocenters. The fourth-order valence-electron chi connectivity index (χ4n) is 2.09. The molecule has 1 saturated carbocycles. The molecular weight excluding hydrogens is 232 g/mol. The quantitative estimate of drug-likeness (QED) is 0.831. The highest BCUT2D eigenvalue weighted by Gasteiger charge is 2.26. The first-order valence-electron chi connectivity index (χ1n) is 6.69. The van der Waals surface area contributed by atoms with Crippen LogP contribution in [0.15, 0.2) is 0 Å². The highest BCUT2D eigenvalue weighted by Crippen LogP contribution is 2.30. The zero-order valence-corrected chi connectivity index (χ0v) is 11.8. The zero-order chi connectivity index (χ0) is 12.3. The molecule has 4 heteroatoms. The summed E-state index contributed by atoms with van der Waals surface area (Å²) in [6.45, 7) is 7.94. The van der Waals surface area contributed by atoms with E-state index in [4.69, 9.17) is 0 Å². The second kappa shape index (κ2) is 5.61. The topological polar surface area (TPSA) is 32.3 Å². The normalized spacial score (nSPS) is 24.5. The van der Waals surface area contributed by atoms with E-state index in [9.17, 15) is 4.79 Å². The highest BCUT2D eigenvalue weighted by molar-refractivity contribution is 8.00. The lowest BCUT2D eigenvalue weighted by atomic mass is 10.1. The van der Waals surface area contributed by atoms with Crippen LogP contribution in [0.2, 0.25) is 0 Å². The molecule has 1 saturated heterocycles. The Hall–Kier alpha value is -0.220. The summed E-state index contributed by atoms with van der Waals surface area (Å²) in [5, 5.41) is 3.29. The van der Waals surface area contributed by atoms with Gasteiger partial charge < -0.3 is 10.2 Å². The summed E-state index contributed by atoms with van der Waals surface area (Å²) >= 11 is 1.99. The highest BCUT2D eigenvalue weighted by atomic mass is 32.2. The van der Waals surface area contributed by atoms with E-state index in [-0.39, 0.29) is 5.91 Å². The Morgan fingerprint density at radius 2 is 2.18 bits per heavy atom. The van der Waals surface area contributed by atoms with Crippen LogP contribution in [0.25, 0.3) is 0 Å². The van der Waals surface area contributed by atoms with E-state index in [2.05, 4.69) is 19.2 Å². The van der Waals surface area contributed by atoms with Crippen molar-refractivity contribution in [2.24, 2.45) is 5.92 Å². The van der Waals surface area contributed by atoms with Crippen LogP contribution >= 0.6 is 11.8 Å². The zero-order valence-electron chi connectivity index (χ0n) is 11.0. The van der Waals surface area contributed by atoms with Crippen molar-refractivity contribution < 1.29 is 4.79 Å². The number of nitrogens with zero attached hydrogens (tertiary/aromatic N) is 1. The number of thioether (sulfide) groups is 1. The third kappa shape index (κ3) is 4.51. The summed E-state index contributed by atoms with van der Waals surface area (Å²) in [5.41, 5.74) is 0. The van der Waals surface area contributed by atoms with Crippen LogP contribution in [0, 0.1) is 5.92 Å². The Balaban J connectivity index is 1.70. The molecule has 0 aromatic rings. The average molecular weight is 256 g/mol. The van der Waals surface area contributed by atoms with Gasteiger partial charge in [0.15, 0.2) is 0 Å². The summed E-state index contributed by atoms with van der Waals surface area (Å²) in [4.78, 5) is 14.0. The largest absolute Gasteiger partial charge is 0.341 e. The molecule has 0 radical (unpaired) electrons. The Morgan fingerprint density at radius 1 is 1.41 bits per heavy atom. The molecule has 1 amide bonds. The molecule has 1 N–H and O–H groups in total. The maximum atomic E-state index is 12.0. The van der Waals surface area contributed by atoms with Crippen molar-refractivity contribution in [2.75, 3.05) is 31.9 Å². The molecule has 0 aromatic carbocycles. The second-order valence-corrected chi connectivity index (χ2v) is 7.62. The Kier molecular flexibility index (Phi) is 4.36. The van der Waals surface area contributed by atoms with Crippen molar-refractivity contribution in [1.29, 1.82) is 0 Å². The fourth-order valence-corrected chi connectivity index (χ4v) is 3.19. The number of rotatable bonds is 4. The van der Waals surface area contributed by atoms with Crippen LogP contribution in [-0.2, 0) is 4.79 Å². The van der Waals surface area contributed by atoms with Crippen molar-refractivity contribution in [2.45, 2.75) is 37.9 Å². The predicted molar refractivity (Wildman–Crippen MR) is 73.3 cm³/mol. The van der Waals surface area contributed by atoms with Gasteiger partial charge in [-0.1, -0.05) is 13.8 Å². The number of nitrogens with one attached hydrogen (secondary N) is 1. The lowest BCUT2D eigenvalue weighted by Crippen LogP contribution is -2.40. The minimum Gasteiger partial charge on any atom is -0.341 e. The number of hydrogen-bond acceptors (Lipinski definition) is 3. The molecule has 2 fully saturated rings. The summed E-state index contributed by atoms with van der Waals surface area (Å²) in [7, 11) is 0. The van der Waals surface area contributed by atoms with Gasteiger partial charge in [0.2, 0.25) is 5.91 Å². The van der Waals surface area contributed by atoms with Gasteiger partial charge in [0.25, 0.3) is 0 Å². The van der Waals surface area contributed by atoms with Crippen molar-refractivity contribution in [3.63, 3.8) is 0 Å². The Morgan fingerprint density at radius 3 is 2.88 bits per heavy atom. The SMILES string of the molecule is CC1(C)CCN(C(=O)CNCC2CC2)CCS1. The smallest absolute Gasteiger partial charge is 0.236 e. The minimum absolute atomic E-state index is 0.281. The molecule has 1 aliphatic heterocycles. The third-order valence-corrected chi connectivity index (χ3v) is 4.97. The Bertz CT molecular complexity index is 277. The second-order valence-electron chi connectivity index (χ2n) is 5.81. The van der Waals surface area contributed by atoms with E-state index in [1.807, 2.05) is 16.7 Å². The number of carbonyl (C=O) groups excluding carboxylic acids is 1. The fraction of sp³-hybridized carbons (Fsp3) is 0.923. The van der Waals surface area contributed by atoms with Crippen LogP contribution in [0.3, 0.4) is 0 Å². The molecule has 2 rings (SSSR count). The maximum Gasteiger partial charge on any atom is 0.236 e. The molecule has 0 unspecified atom stereocenters. The van der Waals surface area contributed by atoms with E-state index in [1.54, 1.807) is 0 Å². The number of hydrogen-bond donors (Lipinski definition) is 1. The lowest BCUT2D eigenvalue weighted by molar-refractivity contribution is -0.130. The Labute approximate surface area is 109 Å². The van der Waals surface area contributed by atoms with Gasteiger partial charge in [0.1, 0.15) is 0 Å². The first-order valence-corrected chi connectivity index (χ1v) is 7.68. The van der Waals surface area contributed by atoms with Crippen LogP contribution in [0.4, 0.5) is 0 Å². The van der Waals surface area contributed by atoms with Crippen LogP contribution in [0.5, 0.6) is 0 Å². The van der Waals surface area contributed by atoms with E-state index in [0.717, 1.165) is 37.7 Å². The van der Waals surface area contributed by atoms with Crippen LogP contribution in [0.1, 0.15) is 33.1 Å². The van der Waals surface area contributed by atoms with Gasteiger partial charge in [-0.2, -0.15) is 11.8 Å². The van der Waals surface area contributed by atoms with Gasteiger partial charge in [0.05, 0.1) is 6.54 Å². The van der Waals surface area contributed by atoms with E-state index < -0.39 is 0 Å². The van der Waals surface area contributed by atoms with Crippen LogP contribution < -0.4 is 5.32 Å². The van der Waals surface area contributed by atoms with Gasteiger partial charge in [-0.25, -0.2) is 0 Å². The average Bonchev–Trinajstić information content (AvgIpc) is 3.06. The van der Waals surface area contributed by atoms with E-state index in [1.165, 1.54) is 12.8 Å². The van der Waals surface area contributed by atoms with Gasteiger partial charge in [-0.3, -0.25) is 4.79 Å². The minimum atomic E-state index is 0.281. The molecular formula is C13H24N2OS. The van der Waals surface area contributed by atoms with E-state index in [0.29, 0.717) is 11.3 Å². The number of amides is 1. The third-order valence-electron chi connectivity index (χ3n) is 3.60. The molecule has 0 bridgehead atoms. The van der Waals surface area contributed by atoms with Crippen molar-refractivity contribution in [3.8, 4) is 0 Å². The lowest BCUT2D eigenvalue weighted by Gasteiger charge is -2.22. The van der Waals surface area contributed by atoms with Crippen molar-refractivity contribution >= 4 is 17.7 Å². The van der Waals surface area contributed by atoms with Gasteiger partial charge in [-0.15, -0.1) is 0 Å². The van der Waals surface area contributed by atoms with E-state index >= 15 is 0 Å². The molecule has 2 aliphatic rings. The van der Waals surface area contributed by atoms with Gasteiger partial charge in [-0.05, 0) is 31.7 Å². The molecule has 0 aromatic heterocycles.